The van der Waals surface area contributed by atoms with E-state index in [1.807, 2.05) is 30.3 Å². The van der Waals surface area contributed by atoms with Gasteiger partial charge in [0.1, 0.15) is 0 Å². The van der Waals surface area contributed by atoms with Gasteiger partial charge in [0.15, 0.2) is 0 Å². The lowest BCUT2D eigenvalue weighted by molar-refractivity contribution is -0.142. The van der Waals surface area contributed by atoms with E-state index < -0.39 is 7.12 Å². The molecule has 1 aliphatic heterocycles. The summed E-state index contributed by atoms with van der Waals surface area (Å²) < 4.78 is 10.0. The fourth-order valence-corrected chi connectivity index (χ4v) is 1.61. The van der Waals surface area contributed by atoms with Gasteiger partial charge in [-0.05, 0) is 18.0 Å². The molecular formula is C13H13BO4. The summed E-state index contributed by atoms with van der Waals surface area (Å²) in [5.41, 5.74) is 0.951. The van der Waals surface area contributed by atoms with Crippen molar-refractivity contribution in [1.82, 2.24) is 0 Å². The maximum atomic E-state index is 11.3. The highest BCUT2D eigenvalue weighted by Gasteiger charge is 2.27. The van der Waals surface area contributed by atoms with E-state index in [4.69, 9.17) is 9.31 Å². The van der Waals surface area contributed by atoms with Crippen molar-refractivity contribution in [1.29, 1.82) is 0 Å². The number of carbonyl (C=O) groups is 2. The summed E-state index contributed by atoms with van der Waals surface area (Å²) in [6, 6.07) is 9.52. The summed E-state index contributed by atoms with van der Waals surface area (Å²) in [7, 11) is -0.925. The van der Waals surface area contributed by atoms with E-state index in [9.17, 15) is 9.59 Å². The quantitative estimate of drug-likeness (QED) is 0.746. The maximum absolute atomic E-state index is 11.3. The minimum Gasteiger partial charge on any atom is -0.496 e. The van der Waals surface area contributed by atoms with Crippen molar-refractivity contribution in [3.8, 4) is 0 Å². The number of hydrogen-bond acceptors (Lipinski definition) is 4. The Labute approximate surface area is 106 Å². The van der Waals surface area contributed by atoms with Gasteiger partial charge in [-0.1, -0.05) is 36.4 Å². The van der Waals surface area contributed by atoms with E-state index in [2.05, 4.69) is 0 Å². The number of hydrogen-bond donors (Lipinski definition) is 0. The van der Waals surface area contributed by atoms with Crippen LogP contribution in [-0.4, -0.2) is 19.1 Å². The van der Waals surface area contributed by atoms with E-state index in [0.29, 0.717) is 6.42 Å². The normalized spacial score (nSPS) is 17.0. The summed E-state index contributed by atoms with van der Waals surface area (Å²) in [6.45, 7) is 0. The number of carbonyl (C=O) groups excluding carboxylic acids is 2. The van der Waals surface area contributed by atoms with E-state index in [1.165, 1.54) is 0 Å². The van der Waals surface area contributed by atoms with Gasteiger partial charge < -0.3 is 9.31 Å². The Balaban J connectivity index is 2.03. The molecule has 1 aliphatic rings. The highest BCUT2D eigenvalue weighted by Crippen LogP contribution is 2.09. The van der Waals surface area contributed by atoms with Crippen molar-refractivity contribution in [2.75, 3.05) is 0 Å². The van der Waals surface area contributed by atoms with Crippen LogP contribution in [0, 0.1) is 0 Å². The van der Waals surface area contributed by atoms with Crippen molar-refractivity contribution < 1.29 is 18.9 Å². The predicted octanol–water partition coefficient (Wildman–Crippen LogP) is 2.00. The molecule has 0 spiro atoms. The lowest BCUT2D eigenvalue weighted by atomic mass is 9.87. The first-order chi connectivity index (χ1) is 8.74. The summed E-state index contributed by atoms with van der Waals surface area (Å²) in [4.78, 5) is 22.6. The molecule has 0 bridgehead atoms. The largest absolute Gasteiger partial charge is 0.628 e. The molecule has 0 amide bonds. The summed E-state index contributed by atoms with van der Waals surface area (Å²) >= 11 is 0. The van der Waals surface area contributed by atoms with Gasteiger partial charge in [0, 0.05) is 12.8 Å². The highest BCUT2D eigenvalue weighted by molar-refractivity contribution is 6.55. The van der Waals surface area contributed by atoms with Crippen LogP contribution in [-0.2, 0) is 18.9 Å². The molecule has 1 saturated heterocycles. The average molecular weight is 244 g/mol. The van der Waals surface area contributed by atoms with Crippen LogP contribution in [0.5, 0.6) is 0 Å². The molecule has 1 aromatic carbocycles. The SMILES string of the molecule is O=C1CCCC(=O)OB(/C=C/c2ccccc2)O1. The van der Waals surface area contributed by atoms with E-state index in [-0.39, 0.29) is 24.8 Å². The molecule has 1 fully saturated rings. The standard InChI is InChI=1S/C13H13BO4/c15-12-7-4-8-13(16)18-14(17-12)10-9-11-5-2-1-3-6-11/h1-3,5-6,9-10H,4,7-8H2/b10-9+. The van der Waals surface area contributed by atoms with E-state index >= 15 is 0 Å². The van der Waals surface area contributed by atoms with Gasteiger partial charge in [0.2, 0.25) is 0 Å². The van der Waals surface area contributed by atoms with Crippen LogP contribution in [0.1, 0.15) is 24.8 Å². The van der Waals surface area contributed by atoms with Gasteiger partial charge in [-0.2, -0.15) is 0 Å². The van der Waals surface area contributed by atoms with Gasteiger partial charge in [-0.25, -0.2) is 0 Å². The van der Waals surface area contributed by atoms with Crippen LogP contribution in [0.2, 0.25) is 0 Å². The fourth-order valence-electron chi connectivity index (χ4n) is 1.61. The van der Waals surface area contributed by atoms with E-state index in [1.54, 1.807) is 12.1 Å². The topological polar surface area (TPSA) is 52.6 Å². The fraction of sp³-hybridized carbons (Fsp3) is 0.231. The number of benzene rings is 1. The second-order valence-corrected chi connectivity index (χ2v) is 3.97. The lowest BCUT2D eigenvalue weighted by Gasteiger charge is -2.14. The zero-order valence-corrected chi connectivity index (χ0v) is 9.87. The monoisotopic (exact) mass is 244 g/mol. The van der Waals surface area contributed by atoms with Crippen molar-refractivity contribution in [2.45, 2.75) is 19.3 Å². The highest BCUT2D eigenvalue weighted by atomic mass is 16.6. The zero-order chi connectivity index (χ0) is 12.8. The molecule has 18 heavy (non-hydrogen) atoms. The lowest BCUT2D eigenvalue weighted by Crippen LogP contribution is -2.29. The third kappa shape index (κ3) is 3.77. The molecule has 0 saturated carbocycles. The van der Waals surface area contributed by atoms with Gasteiger partial charge >= 0.3 is 7.12 Å². The van der Waals surface area contributed by atoms with Gasteiger partial charge in [-0.3, -0.25) is 9.59 Å². The minimum atomic E-state index is -0.925. The first kappa shape index (κ1) is 12.4. The molecule has 0 aliphatic carbocycles. The first-order valence-corrected chi connectivity index (χ1v) is 5.86. The molecule has 1 heterocycles. The molecule has 2 rings (SSSR count). The smallest absolute Gasteiger partial charge is 0.496 e. The molecule has 0 radical (unpaired) electrons. The van der Waals surface area contributed by atoms with Crippen molar-refractivity contribution in [3.05, 3.63) is 41.9 Å². The molecular weight excluding hydrogens is 231 g/mol. The molecule has 0 aromatic heterocycles. The van der Waals surface area contributed by atoms with Crippen LogP contribution in [0.3, 0.4) is 0 Å². The van der Waals surface area contributed by atoms with Crippen LogP contribution in [0.25, 0.3) is 6.08 Å². The molecule has 5 heteroatoms. The molecule has 92 valence electrons. The Morgan fingerprint density at radius 1 is 1.00 bits per heavy atom. The maximum Gasteiger partial charge on any atom is 0.628 e. The summed E-state index contributed by atoms with van der Waals surface area (Å²) in [5.74, 6) is 0.881. The van der Waals surface area contributed by atoms with Crippen molar-refractivity contribution in [3.63, 3.8) is 0 Å². The third-order valence-electron chi connectivity index (χ3n) is 2.50. The Hall–Kier alpha value is -2.04. The van der Waals surface area contributed by atoms with Gasteiger partial charge in [-0.15, -0.1) is 0 Å². The van der Waals surface area contributed by atoms with Crippen molar-refractivity contribution in [2.24, 2.45) is 0 Å². The Morgan fingerprint density at radius 3 is 2.22 bits per heavy atom. The summed E-state index contributed by atoms with van der Waals surface area (Å²) in [5, 5.41) is 0. The van der Waals surface area contributed by atoms with Gasteiger partial charge in [0.25, 0.3) is 11.9 Å². The van der Waals surface area contributed by atoms with Crippen LogP contribution in [0.15, 0.2) is 36.3 Å². The van der Waals surface area contributed by atoms with Crippen LogP contribution < -0.4 is 0 Å². The third-order valence-corrected chi connectivity index (χ3v) is 2.50. The number of rotatable bonds is 2. The van der Waals surface area contributed by atoms with Crippen molar-refractivity contribution >= 4 is 25.1 Å². The second-order valence-electron chi connectivity index (χ2n) is 3.97. The molecule has 0 N–H and O–H groups in total. The molecule has 1 aromatic rings. The minimum absolute atomic E-state index is 0.255. The average Bonchev–Trinajstić information content (AvgIpc) is 2.35. The van der Waals surface area contributed by atoms with Gasteiger partial charge in [0.05, 0.1) is 0 Å². The Kier molecular flexibility index (Phi) is 4.17. The summed E-state index contributed by atoms with van der Waals surface area (Å²) in [6.07, 6.45) is 2.75. The Bertz CT molecular complexity index is 437. The Morgan fingerprint density at radius 2 is 1.61 bits per heavy atom. The molecule has 0 unspecified atom stereocenters. The first-order valence-electron chi connectivity index (χ1n) is 5.86. The van der Waals surface area contributed by atoms with Crippen LogP contribution >= 0.6 is 0 Å². The van der Waals surface area contributed by atoms with Crippen LogP contribution in [0.4, 0.5) is 0 Å². The predicted molar refractivity (Wildman–Crippen MR) is 67.3 cm³/mol. The molecule has 4 nitrogen and oxygen atoms in total. The zero-order valence-electron chi connectivity index (χ0n) is 9.87. The van der Waals surface area contributed by atoms with E-state index in [0.717, 1.165) is 5.56 Å². The second kappa shape index (κ2) is 6.05. The molecule has 0 atom stereocenters.